The number of aliphatic hydroxyl groups excluding tert-OH is 2. The summed E-state index contributed by atoms with van der Waals surface area (Å²) in [6.45, 7) is 7.98. The summed E-state index contributed by atoms with van der Waals surface area (Å²) in [7, 11) is 0. The van der Waals surface area contributed by atoms with Crippen molar-refractivity contribution in [3.63, 3.8) is 0 Å². The van der Waals surface area contributed by atoms with Crippen LogP contribution in [-0.4, -0.2) is 50.6 Å². The third kappa shape index (κ3) is 4.97. The molecular formula is C15H24N2O6. The number of hydrogen-bond donors (Lipinski definition) is 5. The van der Waals surface area contributed by atoms with Crippen LogP contribution >= 0.6 is 0 Å². The summed E-state index contributed by atoms with van der Waals surface area (Å²) < 4.78 is 5.02. The summed E-state index contributed by atoms with van der Waals surface area (Å²) in [5, 5.41) is 31.6. The highest BCUT2D eigenvalue weighted by atomic mass is 16.6. The molecule has 2 unspecified atom stereocenters. The summed E-state index contributed by atoms with van der Waals surface area (Å²) in [6.07, 6.45) is -3.40. The van der Waals surface area contributed by atoms with Gasteiger partial charge < -0.3 is 30.4 Å². The molecule has 8 nitrogen and oxygen atoms in total. The molecule has 130 valence electrons. The van der Waals surface area contributed by atoms with Crippen molar-refractivity contribution in [3.05, 3.63) is 22.5 Å². The second kappa shape index (κ2) is 7.01. The predicted molar refractivity (Wildman–Crippen MR) is 82.4 cm³/mol. The first-order chi connectivity index (χ1) is 10.4. The zero-order valence-corrected chi connectivity index (χ0v) is 13.9. The SMILES string of the molecule is Cc1[nH]c(C(O)C(O)CNC(=O)OC(C)(C)C)c(C)c1C(=O)O. The first-order valence-electron chi connectivity index (χ1n) is 7.19. The van der Waals surface area contributed by atoms with Gasteiger partial charge in [0.25, 0.3) is 0 Å². The van der Waals surface area contributed by atoms with E-state index in [1.807, 2.05) is 0 Å². The lowest BCUT2D eigenvalue weighted by Crippen LogP contribution is -2.39. The monoisotopic (exact) mass is 328 g/mol. The molecule has 0 saturated heterocycles. The number of carboxylic acid groups (broad SMARTS) is 1. The smallest absolute Gasteiger partial charge is 0.407 e. The molecule has 0 bridgehead atoms. The third-order valence-corrected chi connectivity index (χ3v) is 3.20. The Hall–Kier alpha value is -2.06. The highest BCUT2D eigenvalue weighted by molar-refractivity contribution is 5.91. The van der Waals surface area contributed by atoms with Crippen LogP contribution < -0.4 is 5.32 Å². The van der Waals surface area contributed by atoms with E-state index in [2.05, 4.69) is 10.3 Å². The molecule has 1 aromatic rings. The second-order valence-corrected chi connectivity index (χ2v) is 6.36. The Morgan fingerprint density at radius 3 is 2.26 bits per heavy atom. The van der Waals surface area contributed by atoms with E-state index in [-0.39, 0.29) is 17.8 Å². The Bertz CT molecular complexity index is 588. The van der Waals surface area contributed by atoms with Crippen molar-refractivity contribution in [1.82, 2.24) is 10.3 Å². The minimum absolute atomic E-state index is 0.0614. The molecule has 1 rings (SSSR count). The van der Waals surface area contributed by atoms with Gasteiger partial charge in [0, 0.05) is 12.2 Å². The zero-order chi connectivity index (χ0) is 17.9. The van der Waals surface area contributed by atoms with Gasteiger partial charge in [0.15, 0.2) is 0 Å². The average Bonchev–Trinajstić information content (AvgIpc) is 2.68. The molecule has 0 radical (unpaired) electrons. The van der Waals surface area contributed by atoms with Crippen LogP contribution in [0.2, 0.25) is 0 Å². The molecule has 1 amide bonds. The molecule has 0 aliphatic carbocycles. The number of carbonyl (C=O) groups is 2. The number of aromatic carboxylic acids is 1. The molecular weight excluding hydrogens is 304 g/mol. The van der Waals surface area contributed by atoms with Crippen molar-refractivity contribution in [2.45, 2.75) is 52.4 Å². The molecule has 23 heavy (non-hydrogen) atoms. The minimum Gasteiger partial charge on any atom is -0.478 e. The Labute approximate surface area is 134 Å². The fourth-order valence-corrected chi connectivity index (χ4v) is 2.20. The van der Waals surface area contributed by atoms with Crippen molar-refractivity contribution in [2.75, 3.05) is 6.54 Å². The highest BCUT2D eigenvalue weighted by Crippen LogP contribution is 2.25. The molecule has 0 saturated carbocycles. The maximum absolute atomic E-state index is 11.5. The summed E-state index contributed by atoms with van der Waals surface area (Å²) in [6, 6.07) is 0. The minimum atomic E-state index is -1.36. The van der Waals surface area contributed by atoms with Crippen LogP contribution in [0.3, 0.4) is 0 Å². The van der Waals surface area contributed by atoms with Gasteiger partial charge in [-0.05, 0) is 40.2 Å². The lowest BCUT2D eigenvalue weighted by atomic mass is 10.0. The van der Waals surface area contributed by atoms with Gasteiger partial charge >= 0.3 is 12.1 Å². The number of aliphatic hydroxyl groups is 2. The Morgan fingerprint density at radius 2 is 1.83 bits per heavy atom. The van der Waals surface area contributed by atoms with Gasteiger partial charge in [0.1, 0.15) is 17.8 Å². The molecule has 1 aromatic heterocycles. The number of alkyl carbamates (subject to hydrolysis) is 1. The Morgan fingerprint density at radius 1 is 1.26 bits per heavy atom. The van der Waals surface area contributed by atoms with Gasteiger partial charge in [0.05, 0.1) is 11.3 Å². The van der Waals surface area contributed by atoms with Crippen LogP contribution in [-0.2, 0) is 4.74 Å². The molecule has 1 heterocycles. The van der Waals surface area contributed by atoms with Crippen LogP contribution in [0, 0.1) is 13.8 Å². The maximum atomic E-state index is 11.5. The van der Waals surface area contributed by atoms with Crippen LogP contribution in [0.5, 0.6) is 0 Å². The standard InChI is InChI=1S/C15H24N2O6/c1-7-10(13(20)21)8(2)17-11(7)12(19)9(18)6-16-14(22)23-15(3,4)5/h9,12,17-19H,6H2,1-5H3,(H,16,22)(H,20,21). The number of aromatic nitrogens is 1. The second-order valence-electron chi connectivity index (χ2n) is 6.36. The van der Waals surface area contributed by atoms with Crippen molar-refractivity contribution < 1.29 is 29.6 Å². The Balaban J connectivity index is 2.75. The molecule has 0 spiro atoms. The van der Waals surface area contributed by atoms with E-state index < -0.39 is 29.9 Å². The number of aryl methyl sites for hydroxylation is 1. The first-order valence-corrected chi connectivity index (χ1v) is 7.19. The summed E-state index contributed by atoms with van der Waals surface area (Å²) >= 11 is 0. The summed E-state index contributed by atoms with van der Waals surface area (Å²) in [5.74, 6) is -1.11. The predicted octanol–water partition coefficient (Wildman–Crippen LogP) is 1.25. The van der Waals surface area contributed by atoms with Gasteiger partial charge in [-0.2, -0.15) is 0 Å². The number of nitrogens with one attached hydrogen (secondary N) is 2. The molecule has 0 fully saturated rings. The third-order valence-electron chi connectivity index (χ3n) is 3.20. The van der Waals surface area contributed by atoms with Crippen molar-refractivity contribution in [3.8, 4) is 0 Å². The topological polar surface area (TPSA) is 132 Å². The number of H-pyrrole nitrogens is 1. The fourth-order valence-electron chi connectivity index (χ4n) is 2.20. The Kier molecular flexibility index (Phi) is 5.79. The van der Waals surface area contributed by atoms with Gasteiger partial charge in [-0.3, -0.25) is 0 Å². The quantitative estimate of drug-likeness (QED) is 0.552. The van der Waals surface area contributed by atoms with E-state index in [1.165, 1.54) is 0 Å². The van der Waals surface area contributed by atoms with Crippen LogP contribution in [0.1, 0.15) is 54.2 Å². The normalized spacial score (nSPS) is 14.2. The van der Waals surface area contributed by atoms with Gasteiger partial charge in [-0.15, -0.1) is 0 Å². The first kappa shape index (κ1) is 19.0. The van der Waals surface area contributed by atoms with E-state index in [0.29, 0.717) is 11.3 Å². The number of aromatic amines is 1. The van der Waals surface area contributed by atoms with Crippen LogP contribution in [0.25, 0.3) is 0 Å². The number of hydrogen-bond acceptors (Lipinski definition) is 5. The number of carboxylic acids is 1. The molecule has 5 N–H and O–H groups in total. The number of ether oxygens (including phenoxy) is 1. The molecule has 2 atom stereocenters. The van der Waals surface area contributed by atoms with Gasteiger partial charge in [-0.25, -0.2) is 9.59 Å². The maximum Gasteiger partial charge on any atom is 0.407 e. The van der Waals surface area contributed by atoms with E-state index in [9.17, 15) is 19.8 Å². The highest BCUT2D eigenvalue weighted by Gasteiger charge is 2.27. The number of amides is 1. The molecule has 0 aliphatic rings. The van der Waals surface area contributed by atoms with Crippen molar-refractivity contribution >= 4 is 12.1 Å². The lowest BCUT2D eigenvalue weighted by molar-refractivity contribution is 0.0108. The summed E-state index contributed by atoms with van der Waals surface area (Å²) in [4.78, 5) is 25.4. The summed E-state index contributed by atoms with van der Waals surface area (Å²) in [5.41, 5.74) is 0.330. The van der Waals surface area contributed by atoms with Crippen molar-refractivity contribution in [2.24, 2.45) is 0 Å². The number of rotatable bonds is 5. The van der Waals surface area contributed by atoms with Gasteiger partial charge in [-0.1, -0.05) is 0 Å². The van der Waals surface area contributed by atoms with Gasteiger partial charge in [0.2, 0.25) is 0 Å². The van der Waals surface area contributed by atoms with Crippen LogP contribution in [0.15, 0.2) is 0 Å². The van der Waals surface area contributed by atoms with E-state index in [0.717, 1.165) is 0 Å². The van der Waals surface area contributed by atoms with E-state index in [1.54, 1.807) is 34.6 Å². The van der Waals surface area contributed by atoms with E-state index >= 15 is 0 Å². The lowest BCUT2D eigenvalue weighted by Gasteiger charge is -2.22. The zero-order valence-electron chi connectivity index (χ0n) is 13.9. The molecule has 0 aliphatic heterocycles. The van der Waals surface area contributed by atoms with Crippen LogP contribution in [0.4, 0.5) is 4.79 Å². The fraction of sp³-hybridized carbons (Fsp3) is 0.600. The average molecular weight is 328 g/mol. The van der Waals surface area contributed by atoms with E-state index in [4.69, 9.17) is 9.84 Å². The molecule has 0 aromatic carbocycles. The molecule has 8 heteroatoms. The largest absolute Gasteiger partial charge is 0.478 e. The van der Waals surface area contributed by atoms with Crippen molar-refractivity contribution in [1.29, 1.82) is 0 Å². The number of carbonyl (C=O) groups excluding carboxylic acids is 1.